The minimum absolute atomic E-state index is 0.0893. The summed E-state index contributed by atoms with van der Waals surface area (Å²) in [5.74, 6) is 0.422. The molecule has 2 aromatic carbocycles. The van der Waals surface area contributed by atoms with Crippen LogP contribution in [0.2, 0.25) is 0 Å². The quantitative estimate of drug-likeness (QED) is 0.917. The number of phenolic OH excluding ortho intramolecular Hbond substituents is 1. The highest BCUT2D eigenvalue weighted by atomic mass is 16.3. The summed E-state index contributed by atoms with van der Waals surface area (Å²) >= 11 is 0. The van der Waals surface area contributed by atoms with Crippen molar-refractivity contribution in [2.45, 2.75) is 31.7 Å². The van der Waals surface area contributed by atoms with E-state index in [4.69, 9.17) is 5.10 Å². The molecule has 0 amide bonds. The van der Waals surface area contributed by atoms with Crippen molar-refractivity contribution in [3.05, 3.63) is 77.5 Å². The minimum atomic E-state index is -0.0893. The van der Waals surface area contributed by atoms with Crippen molar-refractivity contribution < 1.29 is 9.90 Å². The average molecular weight is 332 g/mol. The Morgan fingerprint density at radius 3 is 2.52 bits per heavy atom. The number of para-hydroxylation sites is 1. The first-order valence-electron chi connectivity index (χ1n) is 8.66. The van der Waals surface area contributed by atoms with Crippen LogP contribution >= 0.6 is 0 Å². The summed E-state index contributed by atoms with van der Waals surface area (Å²) in [6, 6.07) is 17.4. The van der Waals surface area contributed by atoms with Gasteiger partial charge in [0.2, 0.25) is 0 Å². The smallest absolute Gasteiger partial charge is 0.157 e. The van der Waals surface area contributed by atoms with E-state index in [9.17, 15) is 9.90 Å². The third-order valence-electron chi connectivity index (χ3n) is 4.79. The summed E-state index contributed by atoms with van der Waals surface area (Å²) < 4.78 is 0. The lowest BCUT2D eigenvalue weighted by molar-refractivity contribution is -0.115. The number of hydrazone groups is 1. The number of benzene rings is 2. The molecular formula is C21H20N2O2. The lowest BCUT2D eigenvalue weighted by atomic mass is 9.96. The van der Waals surface area contributed by atoms with E-state index in [2.05, 4.69) is 0 Å². The third kappa shape index (κ3) is 3.07. The first-order valence-corrected chi connectivity index (χ1v) is 8.66. The van der Waals surface area contributed by atoms with E-state index < -0.39 is 0 Å². The molecule has 2 aromatic rings. The van der Waals surface area contributed by atoms with Crippen LogP contribution in [-0.2, 0) is 4.79 Å². The molecule has 0 saturated heterocycles. The fourth-order valence-corrected chi connectivity index (χ4v) is 3.55. The second-order valence-electron chi connectivity index (χ2n) is 6.49. The number of phenols is 1. The summed E-state index contributed by atoms with van der Waals surface area (Å²) in [5.41, 5.74) is 3.84. The topological polar surface area (TPSA) is 52.9 Å². The van der Waals surface area contributed by atoms with Crippen molar-refractivity contribution in [2.75, 3.05) is 0 Å². The molecule has 0 aromatic heterocycles. The molecule has 2 aliphatic rings. The average Bonchev–Trinajstić information content (AvgIpc) is 3.08. The Balaban J connectivity index is 1.75. The van der Waals surface area contributed by atoms with E-state index in [1.54, 1.807) is 12.1 Å². The summed E-state index contributed by atoms with van der Waals surface area (Å²) in [4.78, 5) is 11.9. The molecule has 0 spiro atoms. The summed E-state index contributed by atoms with van der Waals surface area (Å²) in [5, 5.41) is 17.1. The highest BCUT2D eigenvalue weighted by Gasteiger charge is 2.33. The van der Waals surface area contributed by atoms with E-state index in [0.29, 0.717) is 12.8 Å². The first kappa shape index (κ1) is 15.6. The SMILES string of the molecule is O=C1C=C(N2N=C(c3ccccc3)CC2c2ccccc2O)CCC1. The maximum absolute atomic E-state index is 11.9. The molecule has 1 atom stereocenters. The van der Waals surface area contributed by atoms with Gasteiger partial charge in [-0.2, -0.15) is 5.10 Å². The Bertz CT molecular complexity index is 855. The normalized spacial score (nSPS) is 20.4. The number of hydrogen-bond donors (Lipinski definition) is 1. The summed E-state index contributed by atoms with van der Waals surface area (Å²) in [7, 11) is 0. The van der Waals surface area contributed by atoms with Gasteiger partial charge >= 0.3 is 0 Å². The molecule has 126 valence electrons. The Morgan fingerprint density at radius 2 is 1.76 bits per heavy atom. The Kier molecular flexibility index (Phi) is 4.10. The van der Waals surface area contributed by atoms with E-state index in [1.807, 2.05) is 53.5 Å². The van der Waals surface area contributed by atoms with Crippen molar-refractivity contribution in [2.24, 2.45) is 5.10 Å². The molecule has 4 nitrogen and oxygen atoms in total. The molecule has 0 fully saturated rings. The summed E-state index contributed by atoms with van der Waals surface area (Å²) in [6.07, 6.45) is 4.71. The third-order valence-corrected chi connectivity index (χ3v) is 4.79. The predicted octanol–water partition coefficient (Wildman–Crippen LogP) is 4.18. The number of carbonyl (C=O) groups excluding carboxylic acids is 1. The van der Waals surface area contributed by atoms with Crippen molar-refractivity contribution in [3.8, 4) is 5.75 Å². The second-order valence-corrected chi connectivity index (χ2v) is 6.49. The monoisotopic (exact) mass is 332 g/mol. The van der Waals surface area contributed by atoms with Gasteiger partial charge < -0.3 is 5.11 Å². The zero-order valence-electron chi connectivity index (χ0n) is 13.9. The van der Waals surface area contributed by atoms with E-state index in [0.717, 1.165) is 35.4 Å². The molecule has 4 rings (SSSR count). The zero-order chi connectivity index (χ0) is 17.2. The van der Waals surface area contributed by atoms with Crippen LogP contribution in [0.4, 0.5) is 0 Å². The first-order chi connectivity index (χ1) is 12.2. The van der Waals surface area contributed by atoms with Crippen LogP contribution < -0.4 is 0 Å². The van der Waals surface area contributed by atoms with Gasteiger partial charge in [0.05, 0.1) is 11.8 Å². The van der Waals surface area contributed by atoms with Crippen molar-refractivity contribution in [1.29, 1.82) is 0 Å². The van der Waals surface area contributed by atoms with Crippen LogP contribution in [0.25, 0.3) is 0 Å². The molecule has 4 heteroatoms. The van der Waals surface area contributed by atoms with Crippen LogP contribution in [0.1, 0.15) is 42.9 Å². The van der Waals surface area contributed by atoms with Crippen molar-refractivity contribution in [3.63, 3.8) is 0 Å². The zero-order valence-corrected chi connectivity index (χ0v) is 13.9. The highest BCUT2D eigenvalue weighted by molar-refractivity contribution is 6.02. The molecule has 0 bridgehead atoms. The number of ketones is 1. The number of rotatable bonds is 3. The molecule has 1 aliphatic heterocycles. The van der Waals surface area contributed by atoms with Gasteiger partial charge in [-0.15, -0.1) is 0 Å². The Hall–Kier alpha value is -2.88. The van der Waals surface area contributed by atoms with Gasteiger partial charge in [-0.1, -0.05) is 48.5 Å². The van der Waals surface area contributed by atoms with Crippen LogP contribution in [0, 0.1) is 0 Å². The number of aromatic hydroxyl groups is 1. The van der Waals surface area contributed by atoms with Crippen molar-refractivity contribution >= 4 is 11.5 Å². The number of allylic oxidation sites excluding steroid dienone is 2. The molecule has 1 aliphatic carbocycles. The minimum Gasteiger partial charge on any atom is -0.508 e. The van der Waals surface area contributed by atoms with Crippen molar-refractivity contribution in [1.82, 2.24) is 5.01 Å². The molecule has 0 saturated carbocycles. The number of carbonyl (C=O) groups is 1. The molecule has 1 unspecified atom stereocenters. The Labute approximate surface area is 147 Å². The molecule has 0 radical (unpaired) electrons. The Morgan fingerprint density at radius 1 is 1.00 bits per heavy atom. The van der Waals surface area contributed by atoms with Gasteiger partial charge in [-0.05, 0) is 24.5 Å². The van der Waals surface area contributed by atoms with Gasteiger partial charge in [0.1, 0.15) is 5.75 Å². The van der Waals surface area contributed by atoms with Gasteiger partial charge in [-0.25, -0.2) is 0 Å². The van der Waals surface area contributed by atoms with Crippen LogP contribution in [-0.4, -0.2) is 21.6 Å². The van der Waals surface area contributed by atoms with Gasteiger partial charge in [0, 0.05) is 30.2 Å². The van der Waals surface area contributed by atoms with Crippen LogP contribution in [0.15, 0.2) is 71.5 Å². The van der Waals surface area contributed by atoms with Gasteiger partial charge in [0.25, 0.3) is 0 Å². The largest absolute Gasteiger partial charge is 0.508 e. The fraction of sp³-hybridized carbons (Fsp3) is 0.238. The second kappa shape index (κ2) is 6.55. The molecular weight excluding hydrogens is 312 g/mol. The summed E-state index contributed by atoms with van der Waals surface area (Å²) in [6.45, 7) is 0. The molecule has 1 N–H and O–H groups in total. The van der Waals surface area contributed by atoms with E-state index in [-0.39, 0.29) is 17.6 Å². The van der Waals surface area contributed by atoms with Crippen LogP contribution in [0.5, 0.6) is 5.75 Å². The maximum Gasteiger partial charge on any atom is 0.157 e. The fourth-order valence-electron chi connectivity index (χ4n) is 3.55. The number of nitrogens with zero attached hydrogens (tertiary/aromatic N) is 2. The van der Waals surface area contributed by atoms with Gasteiger partial charge in [-0.3, -0.25) is 9.80 Å². The maximum atomic E-state index is 11.9. The van der Waals surface area contributed by atoms with Crippen LogP contribution in [0.3, 0.4) is 0 Å². The number of hydrogen-bond acceptors (Lipinski definition) is 4. The van der Waals surface area contributed by atoms with Gasteiger partial charge in [0.15, 0.2) is 5.78 Å². The van der Waals surface area contributed by atoms with E-state index in [1.165, 1.54) is 0 Å². The highest BCUT2D eigenvalue weighted by Crippen LogP contribution is 2.40. The lowest BCUT2D eigenvalue weighted by Gasteiger charge is -2.28. The standard InChI is InChI=1S/C21H20N2O2/c24-17-10-6-9-16(13-17)23-20(18-11-4-5-12-21(18)25)14-19(22-23)15-7-2-1-3-8-15/h1-5,7-8,11-13,20,25H,6,9-10,14H2. The lowest BCUT2D eigenvalue weighted by Crippen LogP contribution is -2.22. The van der Waals surface area contributed by atoms with E-state index >= 15 is 0 Å². The molecule has 1 heterocycles. The predicted molar refractivity (Wildman–Crippen MR) is 97.2 cm³/mol. The molecule has 25 heavy (non-hydrogen) atoms.